The Morgan fingerprint density at radius 1 is 1.22 bits per heavy atom. The van der Waals surface area contributed by atoms with Crippen LogP contribution in [0.1, 0.15) is 43.4 Å². The first-order valence-electron chi connectivity index (χ1n) is 11.5. The standard InChI is InChI=1S/C27H33N3O2/c1-17(2)23-13-20(14-26-29-24-11-10-22(32-4)15-25(24)30-26)18(3)12-21(23)16-28-27(31)19-8-6-5-7-9-19/h5-12,15,17,20-21,23H,13-14,16H2,1-4H3,(H,28,31)(H,29,30)/t20-,21-,23-/m0/s1. The van der Waals surface area contributed by atoms with Crippen LogP contribution in [0.4, 0.5) is 0 Å². The van der Waals surface area contributed by atoms with E-state index in [1.807, 2.05) is 48.5 Å². The Morgan fingerprint density at radius 3 is 2.72 bits per heavy atom. The lowest BCUT2D eigenvalue weighted by atomic mass is 9.69. The van der Waals surface area contributed by atoms with Crippen molar-refractivity contribution in [1.29, 1.82) is 0 Å². The van der Waals surface area contributed by atoms with Gasteiger partial charge in [0.1, 0.15) is 11.6 Å². The second kappa shape index (κ2) is 9.60. The minimum Gasteiger partial charge on any atom is -0.497 e. The summed E-state index contributed by atoms with van der Waals surface area (Å²) >= 11 is 0. The molecule has 3 atom stereocenters. The summed E-state index contributed by atoms with van der Waals surface area (Å²) in [5, 5.41) is 3.15. The monoisotopic (exact) mass is 431 g/mol. The highest BCUT2D eigenvalue weighted by molar-refractivity contribution is 5.94. The molecule has 32 heavy (non-hydrogen) atoms. The Kier molecular flexibility index (Phi) is 6.63. The van der Waals surface area contributed by atoms with E-state index in [0.29, 0.717) is 35.8 Å². The topological polar surface area (TPSA) is 67.0 Å². The number of rotatable bonds is 7. The Bertz CT molecular complexity index is 1100. The Labute approximate surface area is 190 Å². The number of carbonyl (C=O) groups is 1. The molecule has 1 aromatic heterocycles. The van der Waals surface area contributed by atoms with Crippen LogP contribution in [-0.4, -0.2) is 29.5 Å². The van der Waals surface area contributed by atoms with Crippen molar-refractivity contribution in [2.75, 3.05) is 13.7 Å². The molecule has 0 saturated carbocycles. The molecule has 5 heteroatoms. The van der Waals surface area contributed by atoms with Crippen LogP contribution < -0.4 is 10.1 Å². The Morgan fingerprint density at radius 2 is 2.00 bits per heavy atom. The Balaban J connectivity index is 1.46. The van der Waals surface area contributed by atoms with Gasteiger partial charge in [-0.15, -0.1) is 0 Å². The van der Waals surface area contributed by atoms with Crippen LogP contribution in [-0.2, 0) is 6.42 Å². The fraction of sp³-hybridized carbons (Fsp3) is 0.407. The van der Waals surface area contributed by atoms with Crippen molar-refractivity contribution in [2.45, 2.75) is 33.6 Å². The lowest BCUT2D eigenvalue weighted by Crippen LogP contribution is -2.37. The van der Waals surface area contributed by atoms with Crippen LogP contribution in [0.25, 0.3) is 11.0 Å². The van der Waals surface area contributed by atoms with Crippen molar-refractivity contribution in [2.24, 2.45) is 23.7 Å². The van der Waals surface area contributed by atoms with E-state index >= 15 is 0 Å². The van der Waals surface area contributed by atoms with E-state index in [0.717, 1.165) is 35.4 Å². The molecular weight excluding hydrogens is 398 g/mol. The molecular formula is C27H33N3O2. The minimum absolute atomic E-state index is 0.000939. The largest absolute Gasteiger partial charge is 0.497 e. The van der Waals surface area contributed by atoms with Gasteiger partial charge in [-0.2, -0.15) is 0 Å². The van der Waals surface area contributed by atoms with Crippen LogP contribution in [0.3, 0.4) is 0 Å². The lowest BCUT2D eigenvalue weighted by Gasteiger charge is -2.37. The number of methoxy groups -OCH3 is 1. The average molecular weight is 432 g/mol. The molecule has 168 valence electrons. The summed E-state index contributed by atoms with van der Waals surface area (Å²) in [6, 6.07) is 15.4. The lowest BCUT2D eigenvalue weighted by molar-refractivity contribution is 0.0939. The van der Waals surface area contributed by atoms with E-state index in [9.17, 15) is 4.79 Å². The van der Waals surface area contributed by atoms with Crippen molar-refractivity contribution in [3.8, 4) is 5.75 Å². The summed E-state index contributed by atoms with van der Waals surface area (Å²) in [5.41, 5.74) is 4.09. The number of nitrogens with one attached hydrogen (secondary N) is 2. The molecule has 1 amide bonds. The number of carbonyl (C=O) groups excluding carboxylic acids is 1. The third-order valence-electron chi connectivity index (χ3n) is 6.80. The smallest absolute Gasteiger partial charge is 0.251 e. The fourth-order valence-electron chi connectivity index (χ4n) is 4.91. The van der Waals surface area contributed by atoms with E-state index in [4.69, 9.17) is 9.72 Å². The number of hydrogen-bond acceptors (Lipinski definition) is 3. The van der Waals surface area contributed by atoms with Gasteiger partial charge >= 0.3 is 0 Å². The van der Waals surface area contributed by atoms with Crippen molar-refractivity contribution < 1.29 is 9.53 Å². The van der Waals surface area contributed by atoms with Gasteiger partial charge in [-0.1, -0.05) is 43.7 Å². The minimum atomic E-state index is -0.000939. The van der Waals surface area contributed by atoms with E-state index in [-0.39, 0.29) is 5.91 Å². The van der Waals surface area contributed by atoms with E-state index in [1.165, 1.54) is 5.57 Å². The molecule has 1 aliphatic carbocycles. The van der Waals surface area contributed by atoms with Gasteiger partial charge in [-0.25, -0.2) is 4.98 Å². The number of amides is 1. The molecule has 2 aromatic carbocycles. The third kappa shape index (κ3) is 4.87. The first kappa shape index (κ1) is 22.1. The fourth-order valence-corrected chi connectivity index (χ4v) is 4.91. The Hall–Kier alpha value is -3.08. The predicted octanol–water partition coefficient (Wildman–Crippen LogP) is 5.40. The molecule has 0 aliphatic heterocycles. The van der Waals surface area contributed by atoms with Gasteiger partial charge in [0.2, 0.25) is 0 Å². The number of nitrogens with zero attached hydrogens (tertiary/aromatic N) is 1. The zero-order valence-electron chi connectivity index (χ0n) is 19.4. The molecule has 0 radical (unpaired) electrons. The van der Waals surface area contributed by atoms with Crippen LogP contribution >= 0.6 is 0 Å². The quantitative estimate of drug-likeness (QED) is 0.492. The van der Waals surface area contributed by atoms with Gasteiger partial charge in [-0.05, 0) is 61.3 Å². The van der Waals surface area contributed by atoms with Crippen molar-refractivity contribution in [3.05, 3.63) is 71.6 Å². The predicted molar refractivity (Wildman–Crippen MR) is 129 cm³/mol. The normalized spacial score (nSPS) is 20.9. The van der Waals surface area contributed by atoms with E-state index < -0.39 is 0 Å². The summed E-state index contributed by atoms with van der Waals surface area (Å²) in [7, 11) is 1.68. The summed E-state index contributed by atoms with van der Waals surface area (Å²) in [6.45, 7) is 7.47. The van der Waals surface area contributed by atoms with Gasteiger partial charge < -0.3 is 15.0 Å². The number of aromatic nitrogens is 2. The number of ether oxygens (including phenoxy) is 1. The SMILES string of the molecule is COc1ccc2nc(C[C@@H]3C[C@@H](C(C)C)[C@H](CNC(=O)c4ccccc4)C=C3C)[nH]c2c1. The maximum Gasteiger partial charge on any atom is 0.251 e. The molecule has 0 spiro atoms. The molecule has 0 fully saturated rings. The van der Waals surface area contributed by atoms with Crippen LogP contribution in [0, 0.1) is 23.7 Å². The van der Waals surface area contributed by atoms with E-state index in [2.05, 4.69) is 37.1 Å². The molecule has 1 aliphatic rings. The molecule has 4 rings (SSSR count). The highest BCUT2D eigenvalue weighted by Gasteiger charge is 2.32. The van der Waals surface area contributed by atoms with Crippen LogP contribution in [0.5, 0.6) is 5.75 Å². The number of aromatic amines is 1. The second-order valence-corrected chi connectivity index (χ2v) is 9.26. The third-order valence-corrected chi connectivity index (χ3v) is 6.80. The van der Waals surface area contributed by atoms with Crippen molar-refractivity contribution in [1.82, 2.24) is 15.3 Å². The number of fused-ring (bicyclic) bond motifs is 1. The molecule has 1 heterocycles. The highest BCUT2D eigenvalue weighted by Crippen LogP contribution is 2.38. The first-order chi connectivity index (χ1) is 15.4. The number of benzene rings is 2. The van der Waals surface area contributed by atoms with Gasteiger partial charge in [0.05, 0.1) is 18.1 Å². The summed E-state index contributed by atoms with van der Waals surface area (Å²) < 4.78 is 5.33. The van der Waals surface area contributed by atoms with Gasteiger partial charge in [0, 0.05) is 24.6 Å². The first-order valence-corrected chi connectivity index (χ1v) is 11.5. The van der Waals surface area contributed by atoms with Gasteiger partial charge in [0.25, 0.3) is 5.91 Å². The molecule has 0 bridgehead atoms. The van der Waals surface area contributed by atoms with Crippen LogP contribution in [0.2, 0.25) is 0 Å². The van der Waals surface area contributed by atoms with Crippen molar-refractivity contribution >= 4 is 16.9 Å². The number of hydrogen-bond donors (Lipinski definition) is 2. The molecule has 0 saturated heterocycles. The number of allylic oxidation sites excluding steroid dienone is 1. The maximum atomic E-state index is 12.5. The highest BCUT2D eigenvalue weighted by atomic mass is 16.5. The van der Waals surface area contributed by atoms with E-state index in [1.54, 1.807) is 7.11 Å². The van der Waals surface area contributed by atoms with Crippen LogP contribution in [0.15, 0.2) is 60.2 Å². The van der Waals surface area contributed by atoms with Gasteiger partial charge in [0.15, 0.2) is 0 Å². The summed E-state index contributed by atoms with van der Waals surface area (Å²) in [5.74, 6) is 3.71. The van der Waals surface area contributed by atoms with Gasteiger partial charge in [-0.3, -0.25) is 4.79 Å². The maximum absolute atomic E-state index is 12.5. The molecule has 5 nitrogen and oxygen atoms in total. The number of imidazole rings is 1. The zero-order valence-corrected chi connectivity index (χ0v) is 19.4. The average Bonchev–Trinajstić information content (AvgIpc) is 3.20. The molecule has 3 aromatic rings. The second-order valence-electron chi connectivity index (χ2n) is 9.26. The molecule has 0 unspecified atom stereocenters. The molecule has 2 N–H and O–H groups in total. The summed E-state index contributed by atoms with van der Waals surface area (Å²) in [6.07, 6.45) is 4.38. The summed E-state index contributed by atoms with van der Waals surface area (Å²) in [4.78, 5) is 20.8. The van der Waals surface area contributed by atoms with Crippen molar-refractivity contribution in [3.63, 3.8) is 0 Å². The number of H-pyrrole nitrogens is 1. The zero-order chi connectivity index (χ0) is 22.7.